The summed E-state index contributed by atoms with van der Waals surface area (Å²) in [6.07, 6.45) is 0. The number of primary sulfonamides is 1. The van der Waals surface area contributed by atoms with Gasteiger partial charge in [-0.15, -0.1) is 0 Å². The molecular weight excluding hydrogens is 375 g/mol. The lowest BCUT2D eigenvalue weighted by Crippen LogP contribution is -2.15. The average Bonchev–Trinajstić information content (AvgIpc) is 2.47. The van der Waals surface area contributed by atoms with Crippen molar-refractivity contribution < 1.29 is 17.9 Å². The van der Waals surface area contributed by atoms with E-state index >= 15 is 0 Å². The van der Waals surface area contributed by atoms with Gasteiger partial charge < -0.3 is 10.1 Å². The van der Waals surface area contributed by atoms with E-state index < -0.39 is 15.9 Å². The Hall–Kier alpha value is -1.80. The van der Waals surface area contributed by atoms with E-state index in [1.165, 1.54) is 19.2 Å². The average molecular weight is 389 g/mol. The minimum absolute atomic E-state index is 0.221. The Balaban J connectivity index is 2.15. The Morgan fingerprint density at radius 3 is 2.17 bits per heavy atom. The van der Waals surface area contributed by atoms with Crippen LogP contribution >= 0.6 is 23.2 Å². The Kier molecular flexibility index (Phi) is 5.71. The predicted molar refractivity (Wildman–Crippen MR) is 94.2 cm³/mol. The van der Waals surface area contributed by atoms with Gasteiger partial charge in [0, 0.05) is 11.3 Å². The molecule has 0 radical (unpaired) electrons. The number of amides is 1. The Morgan fingerprint density at radius 1 is 1.17 bits per heavy atom. The van der Waals surface area contributed by atoms with Crippen LogP contribution in [0.1, 0.15) is 15.9 Å². The van der Waals surface area contributed by atoms with E-state index in [1.54, 1.807) is 24.3 Å². The number of anilines is 1. The molecule has 0 atom stereocenters. The van der Waals surface area contributed by atoms with E-state index in [2.05, 4.69) is 5.32 Å². The quantitative estimate of drug-likeness (QED) is 0.821. The number of hydrogen-bond acceptors (Lipinski definition) is 4. The van der Waals surface area contributed by atoms with E-state index in [9.17, 15) is 13.2 Å². The fourth-order valence-electron chi connectivity index (χ4n) is 2.01. The summed E-state index contributed by atoms with van der Waals surface area (Å²) in [5.41, 5.74) is 1.27. The minimum Gasteiger partial charge on any atom is -0.494 e. The molecule has 6 nitrogen and oxygen atoms in total. The van der Waals surface area contributed by atoms with Crippen molar-refractivity contribution in [1.29, 1.82) is 0 Å². The van der Waals surface area contributed by atoms with Crippen molar-refractivity contribution in [3.8, 4) is 5.75 Å². The molecule has 2 rings (SSSR count). The Bertz CT molecular complexity index is 845. The monoisotopic (exact) mass is 388 g/mol. The number of nitrogens with one attached hydrogen (secondary N) is 1. The van der Waals surface area contributed by atoms with Crippen LogP contribution in [0.25, 0.3) is 0 Å². The standard InChI is InChI=1S/C15H14Cl2N2O4S/c1-23-14-12(16)6-10(7-13(14)17)15(20)19-11-4-2-9(3-5-11)8-24(18,21)22/h2-7H,8H2,1H3,(H,19,20)(H2,18,21,22). The SMILES string of the molecule is COc1c(Cl)cc(C(=O)Nc2ccc(CS(N)(=O)=O)cc2)cc1Cl. The lowest BCUT2D eigenvalue weighted by atomic mass is 10.2. The molecule has 24 heavy (non-hydrogen) atoms. The van der Waals surface area contributed by atoms with Crippen molar-refractivity contribution in [1.82, 2.24) is 0 Å². The zero-order valence-electron chi connectivity index (χ0n) is 12.5. The number of carbonyl (C=O) groups excluding carboxylic acids is 1. The molecule has 0 saturated heterocycles. The van der Waals surface area contributed by atoms with E-state index in [-0.39, 0.29) is 21.4 Å². The van der Waals surface area contributed by atoms with Crippen molar-refractivity contribution in [3.05, 3.63) is 57.6 Å². The molecular formula is C15H14Cl2N2O4S. The molecule has 0 aliphatic rings. The van der Waals surface area contributed by atoms with E-state index in [4.69, 9.17) is 33.1 Å². The highest BCUT2D eigenvalue weighted by Gasteiger charge is 2.14. The first kappa shape index (κ1) is 18.5. The zero-order valence-corrected chi connectivity index (χ0v) is 14.9. The molecule has 0 spiro atoms. The van der Waals surface area contributed by atoms with Crippen LogP contribution in [0.4, 0.5) is 5.69 Å². The highest BCUT2D eigenvalue weighted by atomic mass is 35.5. The molecule has 2 aromatic carbocycles. The summed E-state index contributed by atoms with van der Waals surface area (Å²) in [7, 11) is -2.17. The molecule has 0 aliphatic carbocycles. The molecule has 0 heterocycles. The summed E-state index contributed by atoms with van der Waals surface area (Å²) in [5.74, 6) is -0.395. The number of sulfonamides is 1. The molecule has 1 amide bonds. The third-order valence-electron chi connectivity index (χ3n) is 3.04. The van der Waals surface area contributed by atoms with Gasteiger partial charge in [0.05, 0.1) is 22.9 Å². The second-order valence-electron chi connectivity index (χ2n) is 4.93. The number of nitrogens with two attached hydrogens (primary N) is 1. The maximum Gasteiger partial charge on any atom is 0.255 e. The van der Waals surface area contributed by atoms with E-state index in [0.717, 1.165) is 0 Å². The van der Waals surface area contributed by atoms with Gasteiger partial charge in [0.1, 0.15) is 0 Å². The van der Waals surface area contributed by atoms with Crippen LogP contribution in [0.3, 0.4) is 0 Å². The first-order chi connectivity index (χ1) is 11.2. The summed E-state index contributed by atoms with van der Waals surface area (Å²) in [5, 5.41) is 8.09. The van der Waals surface area contributed by atoms with Gasteiger partial charge in [-0.05, 0) is 29.8 Å². The van der Waals surface area contributed by atoms with Crippen molar-refractivity contribution in [2.24, 2.45) is 5.14 Å². The van der Waals surface area contributed by atoms with Crippen molar-refractivity contribution in [2.45, 2.75) is 5.75 Å². The van der Waals surface area contributed by atoms with Gasteiger partial charge in [-0.3, -0.25) is 4.79 Å². The summed E-state index contributed by atoms with van der Waals surface area (Å²) in [4.78, 5) is 12.2. The molecule has 0 aliphatic heterocycles. The normalized spacial score (nSPS) is 11.2. The van der Waals surface area contributed by atoms with Crippen LogP contribution in [0.5, 0.6) is 5.75 Å². The van der Waals surface area contributed by atoms with Gasteiger partial charge in [-0.25, -0.2) is 13.6 Å². The molecule has 0 fully saturated rings. The predicted octanol–water partition coefficient (Wildman–Crippen LogP) is 3.04. The molecule has 3 N–H and O–H groups in total. The fraction of sp³-hybridized carbons (Fsp3) is 0.133. The second-order valence-corrected chi connectivity index (χ2v) is 7.36. The lowest BCUT2D eigenvalue weighted by molar-refractivity contribution is 0.102. The Labute approximate surface area is 149 Å². The van der Waals surface area contributed by atoms with Crippen LogP contribution in [-0.2, 0) is 15.8 Å². The van der Waals surface area contributed by atoms with Crippen LogP contribution in [0, 0.1) is 0 Å². The van der Waals surface area contributed by atoms with Gasteiger partial charge in [0.2, 0.25) is 10.0 Å². The number of rotatable bonds is 5. The largest absolute Gasteiger partial charge is 0.494 e. The minimum atomic E-state index is -3.60. The summed E-state index contributed by atoms with van der Waals surface area (Å²) in [6, 6.07) is 9.16. The van der Waals surface area contributed by atoms with Crippen LogP contribution in [-0.4, -0.2) is 21.4 Å². The van der Waals surface area contributed by atoms with Crippen molar-refractivity contribution >= 4 is 44.8 Å². The van der Waals surface area contributed by atoms with Crippen LogP contribution in [0.2, 0.25) is 10.0 Å². The maximum atomic E-state index is 12.2. The van der Waals surface area contributed by atoms with Gasteiger partial charge in [-0.2, -0.15) is 0 Å². The number of methoxy groups -OCH3 is 1. The summed E-state index contributed by atoms with van der Waals surface area (Å²) < 4.78 is 27.1. The zero-order chi connectivity index (χ0) is 17.9. The number of hydrogen-bond donors (Lipinski definition) is 2. The molecule has 0 unspecified atom stereocenters. The van der Waals surface area contributed by atoms with Gasteiger partial charge in [0.25, 0.3) is 5.91 Å². The van der Waals surface area contributed by atoms with E-state index in [1.807, 2.05) is 0 Å². The number of benzene rings is 2. The lowest BCUT2D eigenvalue weighted by Gasteiger charge is -2.10. The smallest absolute Gasteiger partial charge is 0.255 e. The fourth-order valence-corrected chi connectivity index (χ4v) is 3.30. The van der Waals surface area contributed by atoms with Gasteiger partial charge in [-0.1, -0.05) is 35.3 Å². The van der Waals surface area contributed by atoms with Crippen LogP contribution in [0.15, 0.2) is 36.4 Å². The third kappa shape index (κ3) is 4.85. The maximum absolute atomic E-state index is 12.2. The van der Waals surface area contributed by atoms with Gasteiger partial charge >= 0.3 is 0 Å². The first-order valence-corrected chi connectivity index (χ1v) is 9.10. The molecule has 9 heteroatoms. The molecule has 0 bridgehead atoms. The van der Waals surface area contributed by atoms with Crippen LogP contribution < -0.4 is 15.2 Å². The van der Waals surface area contributed by atoms with Crippen molar-refractivity contribution in [3.63, 3.8) is 0 Å². The summed E-state index contributed by atoms with van der Waals surface area (Å²) >= 11 is 12.0. The number of halogens is 2. The number of carbonyl (C=O) groups is 1. The molecule has 2 aromatic rings. The van der Waals surface area contributed by atoms with Gasteiger partial charge in [0.15, 0.2) is 5.75 Å². The topological polar surface area (TPSA) is 98.5 Å². The second kappa shape index (κ2) is 7.40. The molecule has 128 valence electrons. The highest BCUT2D eigenvalue weighted by Crippen LogP contribution is 2.34. The highest BCUT2D eigenvalue weighted by molar-refractivity contribution is 7.88. The third-order valence-corrected chi connectivity index (χ3v) is 4.34. The first-order valence-electron chi connectivity index (χ1n) is 6.63. The summed E-state index contributed by atoms with van der Waals surface area (Å²) in [6.45, 7) is 0. The van der Waals surface area contributed by atoms with E-state index in [0.29, 0.717) is 17.0 Å². The molecule has 0 saturated carbocycles. The Morgan fingerprint density at radius 2 is 1.71 bits per heavy atom. The number of ether oxygens (including phenoxy) is 1. The van der Waals surface area contributed by atoms with Crippen molar-refractivity contribution in [2.75, 3.05) is 12.4 Å². The molecule has 0 aromatic heterocycles.